The van der Waals surface area contributed by atoms with Crippen LogP contribution in [0.25, 0.3) is 0 Å². The molecule has 0 spiro atoms. The first-order chi connectivity index (χ1) is 8.65. The normalized spacial score (nSPS) is 25.3. The third-order valence-corrected chi connectivity index (χ3v) is 4.25. The Labute approximate surface area is 118 Å². The van der Waals surface area contributed by atoms with Crippen LogP contribution in [0.5, 0.6) is 0 Å². The lowest BCUT2D eigenvalue weighted by molar-refractivity contribution is 0.105. The van der Waals surface area contributed by atoms with Crippen molar-refractivity contribution in [3.8, 4) is 0 Å². The fraction of sp³-hybridized carbons (Fsp3) is 0.600. The van der Waals surface area contributed by atoms with Crippen molar-refractivity contribution >= 4 is 15.9 Å². The van der Waals surface area contributed by atoms with Gasteiger partial charge in [-0.15, -0.1) is 0 Å². The lowest BCUT2D eigenvalue weighted by atomic mass is 10.0. The van der Waals surface area contributed by atoms with Gasteiger partial charge in [-0.3, -0.25) is 0 Å². The van der Waals surface area contributed by atoms with Crippen molar-refractivity contribution in [1.29, 1.82) is 0 Å². The molecular weight excluding hydrogens is 290 g/mol. The van der Waals surface area contributed by atoms with Gasteiger partial charge in [0.2, 0.25) is 0 Å². The van der Waals surface area contributed by atoms with Gasteiger partial charge in [0.1, 0.15) is 0 Å². The molecule has 1 fully saturated rings. The van der Waals surface area contributed by atoms with Crippen LogP contribution < -0.4 is 5.32 Å². The number of rotatable bonds is 5. The van der Waals surface area contributed by atoms with E-state index in [1.165, 1.54) is 12.0 Å². The van der Waals surface area contributed by atoms with Crippen LogP contribution in [-0.2, 0) is 11.2 Å². The van der Waals surface area contributed by atoms with E-state index in [0.29, 0.717) is 18.1 Å². The minimum Gasteiger partial charge on any atom is -0.378 e. The molecule has 2 nitrogen and oxygen atoms in total. The second kappa shape index (κ2) is 6.69. The molecule has 0 radical (unpaired) electrons. The highest BCUT2D eigenvalue weighted by Crippen LogP contribution is 2.19. The van der Waals surface area contributed by atoms with Crippen LogP contribution in [0.2, 0.25) is 0 Å². The van der Waals surface area contributed by atoms with E-state index in [1.807, 2.05) is 0 Å². The SMILES string of the molecule is CC(Cc1ccc(Br)cc1)NCC1CCOC1C. The second-order valence-corrected chi connectivity index (χ2v) is 6.18. The second-order valence-electron chi connectivity index (χ2n) is 5.26. The summed E-state index contributed by atoms with van der Waals surface area (Å²) in [7, 11) is 0. The average molecular weight is 312 g/mol. The summed E-state index contributed by atoms with van der Waals surface area (Å²) in [5.41, 5.74) is 1.38. The Morgan fingerprint density at radius 1 is 1.39 bits per heavy atom. The molecule has 0 aliphatic carbocycles. The van der Waals surface area contributed by atoms with Crippen molar-refractivity contribution in [2.75, 3.05) is 13.2 Å². The molecule has 100 valence electrons. The Morgan fingerprint density at radius 2 is 2.11 bits per heavy atom. The number of hydrogen-bond donors (Lipinski definition) is 1. The topological polar surface area (TPSA) is 21.3 Å². The lowest BCUT2D eigenvalue weighted by Gasteiger charge is -2.19. The highest BCUT2D eigenvalue weighted by Gasteiger charge is 2.24. The zero-order valence-electron chi connectivity index (χ0n) is 11.2. The van der Waals surface area contributed by atoms with Gasteiger partial charge in [-0.25, -0.2) is 0 Å². The maximum absolute atomic E-state index is 5.58. The van der Waals surface area contributed by atoms with Crippen LogP contribution in [-0.4, -0.2) is 25.3 Å². The van der Waals surface area contributed by atoms with Crippen molar-refractivity contribution in [3.05, 3.63) is 34.3 Å². The van der Waals surface area contributed by atoms with Gasteiger partial charge in [-0.1, -0.05) is 28.1 Å². The lowest BCUT2D eigenvalue weighted by Crippen LogP contribution is -2.34. The van der Waals surface area contributed by atoms with Gasteiger partial charge in [0.15, 0.2) is 0 Å². The molecule has 0 aromatic heterocycles. The molecule has 3 unspecified atom stereocenters. The van der Waals surface area contributed by atoms with E-state index < -0.39 is 0 Å². The van der Waals surface area contributed by atoms with Gasteiger partial charge in [0, 0.05) is 23.7 Å². The maximum Gasteiger partial charge on any atom is 0.0588 e. The number of nitrogens with one attached hydrogen (secondary N) is 1. The summed E-state index contributed by atoms with van der Waals surface area (Å²) in [6.45, 7) is 6.43. The molecule has 3 atom stereocenters. The van der Waals surface area contributed by atoms with E-state index in [-0.39, 0.29) is 0 Å². The maximum atomic E-state index is 5.58. The van der Waals surface area contributed by atoms with Crippen LogP contribution >= 0.6 is 15.9 Å². The molecule has 1 heterocycles. The monoisotopic (exact) mass is 311 g/mol. The van der Waals surface area contributed by atoms with Gasteiger partial charge in [0.05, 0.1) is 6.10 Å². The summed E-state index contributed by atoms with van der Waals surface area (Å²) < 4.78 is 6.73. The van der Waals surface area contributed by atoms with Crippen molar-refractivity contribution in [3.63, 3.8) is 0 Å². The first-order valence-electron chi connectivity index (χ1n) is 6.74. The van der Waals surface area contributed by atoms with E-state index in [9.17, 15) is 0 Å². The highest BCUT2D eigenvalue weighted by atomic mass is 79.9. The van der Waals surface area contributed by atoms with Crippen molar-refractivity contribution in [2.45, 2.75) is 38.8 Å². The van der Waals surface area contributed by atoms with Gasteiger partial charge < -0.3 is 10.1 Å². The molecule has 1 aromatic carbocycles. The Balaban J connectivity index is 1.74. The molecule has 1 aliphatic rings. The molecular formula is C15H22BrNO. The van der Waals surface area contributed by atoms with E-state index >= 15 is 0 Å². The van der Waals surface area contributed by atoms with E-state index in [0.717, 1.165) is 24.0 Å². The molecule has 1 aromatic rings. The molecule has 1 N–H and O–H groups in total. The molecule has 0 amide bonds. The number of benzene rings is 1. The van der Waals surface area contributed by atoms with Crippen LogP contribution in [0, 0.1) is 5.92 Å². The van der Waals surface area contributed by atoms with Gasteiger partial charge in [0.25, 0.3) is 0 Å². The van der Waals surface area contributed by atoms with E-state index in [4.69, 9.17) is 4.74 Å². The van der Waals surface area contributed by atoms with Crippen LogP contribution in [0.15, 0.2) is 28.7 Å². The smallest absolute Gasteiger partial charge is 0.0588 e. The Bertz CT molecular complexity index is 365. The summed E-state index contributed by atoms with van der Waals surface area (Å²) in [5, 5.41) is 3.63. The first-order valence-corrected chi connectivity index (χ1v) is 7.54. The molecule has 0 saturated carbocycles. The van der Waals surface area contributed by atoms with E-state index in [2.05, 4.69) is 59.4 Å². The Morgan fingerprint density at radius 3 is 2.72 bits per heavy atom. The standard InChI is InChI=1S/C15H22BrNO/c1-11(9-13-3-5-15(16)6-4-13)17-10-14-7-8-18-12(14)2/h3-6,11-12,14,17H,7-10H2,1-2H3. The summed E-state index contributed by atoms with van der Waals surface area (Å²) in [6.07, 6.45) is 2.69. The molecule has 2 rings (SSSR count). The first kappa shape index (κ1) is 14.0. The van der Waals surface area contributed by atoms with Gasteiger partial charge >= 0.3 is 0 Å². The van der Waals surface area contributed by atoms with Gasteiger partial charge in [-0.05, 0) is 50.3 Å². The summed E-state index contributed by atoms with van der Waals surface area (Å²) in [6, 6.07) is 9.09. The summed E-state index contributed by atoms with van der Waals surface area (Å²) >= 11 is 3.46. The highest BCUT2D eigenvalue weighted by molar-refractivity contribution is 9.10. The van der Waals surface area contributed by atoms with E-state index in [1.54, 1.807) is 0 Å². The van der Waals surface area contributed by atoms with Gasteiger partial charge in [-0.2, -0.15) is 0 Å². The number of halogens is 1. The number of ether oxygens (including phenoxy) is 1. The van der Waals surface area contributed by atoms with Crippen LogP contribution in [0.3, 0.4) is 0 Å². The predicted molar refractivity (Wildman–Crippen MR) is 78.8 cm³/mol. The molecule has 18 heavy (non-hydrogen) atoms. The molecule has 0 bridgehead atoms. The number of hydrogen-bond acceptors (Lipinski definition) is 2. The van der Waals surface area contributed by atoms with Crippen molar-refractivity contribution < 1.29 is 4.74 Å². The zero-order chi connectivity index (χ0) is 13.0. The average Bonchev–Trinajstić information content (AvgIpc) is 2.75. The summed E-state index contributed by atoms with van der Waals surface area (Å²) in [5.74, 6) is 0.678. The Hall–Kier alpha value is -0.380. The Kier molecular flexibility index (Phi) is 5.22. The third kappa shape index (κ3) is 4.08. The minimum atomic E-state index is 0.414. The molecule has 3 heteroatoms. The third-order valence-electron chi connectivity index (χ3n) is 3.72. The summed E-state index contributed by atoms with van der Waals surface area (Å²) in [4.78, 5) is 0. The van der Waals surface area contributed by atoms with Crippen molar-refractivity contribution in [2.24, 2.45) is 5.92 Å². The minimum absolute atomic E-state index is 0.414. The fourth-order valence-corrected chi connectivity index (χ4v) is 2.71. The zero-order valence-corrected chi connectivity index (χ0v) is 12.7. The largest absolute Gasteiger partial charge is 0.378 e. The quantitative estimate of drug-likeness (QED) is 0.900. The molecule has 1 aliphatic heterocycles. The fourth-order valence-electron chi connectivity index (χ4n) is 2.44. The molecule has 1 saturated heterocycles. The van der Waals surface area contributed by atoms with Crippen LogP contribution in [0.1, 0.15) is 25.8 Å². The van der Waals surface area contributed by atoms with Crippen molar-refractivity contribution in [1.82, 2.24) is 5.32 Å². The predicted octanol–water partition coefficient (Wildman–Crippen LogP) is 3.39. The van der Waals surface area contributed by atoms with Crippen LogP contribution in [0.4, 0.5) is 0 Å².